The fraction of sp³-hybridized carbons (Fsp3) is 0.273. The van der Waals surface area contributed by atoms with Gasteiger partial charge in [0.1, 0.15) is 0 Å². The first kappa shape index (κ1) is 10.1. The molecular weight excluding hydrogens is 206 g/mol. The molecule has 2 heterocycles. The van der Waals surface area contributed by atoms with Crippen molar-refractivity contribution in [2.45, 2.75) is 20.4 Å². The van der Waals surface area contributed by atoms with Crippen LogP contribution in [0.2, 0.25) is 0 Å². The van der Waals surface area contributed by atoms with E-state index in [4.69, 9.17) is 0 Å². The molecule has 0 aliphatic carbocycles. The average molecular weight is 219 g/mol. The van der Waals surface area contributed by atoms with E-state index >= 15 is 0 Å². The number of anilines is 1. The van der Waals surface area contributed by atoms with Crippen molar-refractivity contribution in [1.82, 2.24) is 9.97 Å². The molecule has 0 saturated carbocycles. The number of pyridine rings is 1. The molecule has 15 heavy (non-hydrogen) atoms. The third kappa shape index (κ3) is 2.76. The Morgan fingerprint density at radius 2 is 2.07 bits per heavy atom. The Bertz CT molecular complexity index is 433. The van der Waals surface area contributed by atoms with Gasteiger partial charge in [0.2, 0.25) is 0 Å². The molecule has 2 rings (SSSR count). The van der Waals surface area contributed by atoms with Crippen molar-refractivity contribution in [3.63, 3.8) is 0 Å². The van der Waals surface area contributed by atoms with E-state index in [9.17, 15) is 0 Å². The molecule has 0 aliphatic heterocycles. The third-order valence-corrected chi connectivity index (χ3v) is 2.89. The van der Waals surface area contributed by atoms with E-state index in [1.807, 2.05) is 32.3 Å². The summed E-state index contributed by atoms with van der Waals surface area (Å²) in [5.41, 5.74) is 2.22. The number of nitrogens with one attached hydrogen (secondary N) is 1. The monoisotopic (exact) mass is 219 g/mol. The van der Waals surface area contributed by atoms with Gasteiger partial charge < -0.3 is 5.32 Å². The normalized spacial score (nSPS) is 10.3. The summed E-state index contributed by atoms with van der Waals surface area (Å²) in [7, 11) is 0. The van der Waals surface area contributed by atoms with Crippen molar-refractivity contribution in [2.24, 2.45) is 0 Å². The van der Waals surface area contributed by atoms with Crippen LogP contribution in [0, 0.1) is 13.8 Å². The molecule has 0 radical (unpaired) electrons. The maximum absolute atomic E-state index is 4.31. The molecule has 3 nitrogen and oxygen atoms in total. The summed E-state index contributed by atoms with van der Waals surface area (Å²) >= 11 is 1.66. The van der Waals surface area contributed by atoms with E-state index in [0.717, 1.165) is 17.4 Å². The van der Waals surface area contributed by atoms with Crippen molar-refractivity contribution < 1.29 is 0 Å². The van der Waals surface area contributed by atoms with Gasteiger partial charge in [-0.2, -0.15) is 0 Å². The fourth-order valence-corrected chi connectivity index (χ4v) is 1.87. The van der Waals surface area contributed by atoms with Gasteiger partial charge in [-0.15, -0.1) is 11.3 Å². The molecule has 0 unspecified atom stereocenters. The Balaban J connectivity index is 1.96. The van der Waals surface area contributed by atoms with E-state index in [1.165, 1.54) is 10.4 Å². The van der Waals surface area contributed by atoms with Gasteiger partial charge in [-0.1, -0.05) is 6.07 Å². The molecule has 0 amide bonds. The second kappa shape index (κ2) is 4.40. The molecule has 0 aliphatic rings. The molecule has 0 bridgehead atoms. The minimum Gasteiger partial charge on any atom is -0.356 e. The van der Waals surface area contributed by atoms with Crippen LogP contribution in [0.1, 0.15) is 16.1 Å². The van der Waals surface area contributed by atoms with Crippen molar-refractivity contribution in [3.05, 3.63) is 40.7 Å². The summed E-state index contributed by atoms with van der Waals surface area (Å²) < 4.78 is 0. The van der Waals surface area contributed by atoms with Crippen LogP contribution in [0.4, 0.5) is 5.13 Å². The maximum atomic E-state index is 4.31. The first-order chi connectivity index (χ1) is 7.24. The molecule has 0 aromatic carbocycles. The lowest BCUT2D eigenvalue weighted by molar-refractivity contribution is 1.03. The first-order valence-corrected chi connectivity index (χ1v) is 5.63. The van der Waals surface area contributed by atoms with Crippen LogP contribution in [0.5, 0.6) is 0 Å². The van der Waals surface area contributed by atoms with E-state index in [0.29, 0.717) is 0 Å². The topological polar surface area (TPSA) is 37.8 Å². The largest absolute Gasteiger partial charge is 0.356 e. The molecule has 4 heteroatoms. The predicted octanol–water partition coefficient (Wildman–Crippen LogP) is 2.77. The number of nitrogens with zero attached hydrogens (tertiary/aromatic N) is 2. The van der Waals surface area contributed by atoms with Crippen molar-refractivity contribution in [3.8, 4) is 0 Å². The zero-order valence-electron chi connectivity index (χ0n) is 8.82. The number of hydrogen-bond donors (Lipinski definition) is 1. The maximum Gasteiger partial charge on any atom is 0.183 e. The highest BCUT2D eigenvalue weighted by atomic mass is 32.1. The third-order valence-electron chi connectivity index (χ3n) is 2.01. The first-order valence-electron chi connectivity index (χ1n) is 4.82. The van der Waals surface area contributed by atoms with E-state index in [2.05, 4.69) is 21.4 Å². The Kier molecular flexibility index (Phi) is 2.97. The lowest BCUT2D eigenvalue weighted by atomic mass is 10.3. The van der Waals surface area contributed by atoms with Gasteiger partial charge in [-0.25, -0.2) is 4.98 Å². The molecule has 0 spiro atoms. The minimum atomic E-state index is 0.729. The molecule has 0 fully saturated rings. The summed E-state index contributed by atoms with van der Waals surface area (Å²) in [6.07, 6.45) is 3.75. The molecule has 0 atom stereocenters. The summed E-state index contributed by atoms with van der Waals surface area (Å²) in [5.74, 6) is 0. The van der Waals surface area contributed by atoms with Gasteiger partial charge in [0.25, 0.3) is 0 Å². The predicted molar refractivity (Wildman–Crippen MR) is 63.2 cm³/mol. The number of rotatable bonds is 3. The number of thiazole rings is 1. The molecular formula is C11H13N3S. The van der Waals surface area contributed by atoms with Crippen molar-refractivity contribution >= 4 is 16.5 Å². The second-order valence-corrected chi connectivity index (χ2v) is 4.69. The minimum absolute atomic E-state index is 0.729. The van der Waals surface area contributed by atoms with Gasteiger partial charge in [0.15, 0.2) is 5.13 Å². The summed E-state index contributed by atoms with van der Waals surface area (Å²) in [6, 6.07) is 4.10. The van der Waals surface area contributed by atoms with Crippen LogP contribution in [0.15, 0.2) is 24.5 Å². The van der Waals surface area contributed by atoms with Crippen molar-refractivity contribution in [2.75, 3.05) is 5.32 Å². The lowest BCUT2D eigenvalue weighted by Crippen LogP contribution is -2.00. The summed E-state index contributed by atoms with van der Waals surface area (Å²) in [4.78, 5) is 9.76. The van der Waals surface area contributed by atoms with Crippen LogP contribution < -0.4 is 5.32 Å². The van der Waals surface area contributed by atoms with Crippen molar-refractivity contribution in [1.29, 1.82) is 0 Å². The van der Waals surface area contributed by atoms with E-state index in [-0.39, 0.29) is 0 Å². The van der Waals surface area contributed by atoms with E-state index < -0.39 is 0 Å². The lowest BCUT2D eigenvalue weighted by Gasteiger charge is -2.01. The molecule has 78 valence electrons. The van der Waals surface area contributed by atoms with Gasteiger partial charge in [-0.05, 0) is 25.5 Å². The SMILES string of the molecule is Cc1ccc(CNc2ncc(C)s2)nc1. The van der Waals surface area contributed by atoms with Crippen LogP contribution in [0.25, 0.3) is 0 Å². The molecule has 1 N–H and O–H groups in total. The zero-order chi connectivity index (χ0) is 10.7. The fourth-order valence-electron chi connectivity index (χ4n) is 1.21. The number of aryl methyl sites for hydroxylation is 2. The Morgan fingerprint density at radius 3 is 2.67 bits per heavy atom. The molecule has 2 aromatic rings. The average Bonchev–Trinajstić information content (AvgIpc) is 2.64. The number of hydrogen-bond acceptors (Lipinski definition) is 4. The highest BCUT2D eigenvalue weighted by Gasteiger charge is 1.98. The second-order valence-electron chi connectivity index (χ2n) is 3.46. The highest BCUT2D eigenvalue weighted by Crippen LogP contribution is 2.16. The van der Waals surface area contributed by atoms with Crippen LogP contribution >= 0.6 is 11.3 Å². The summed E-state index contributed by atoms with van der Waals surface area (Å²) in [5, 5.41) is 4.20. The van der Waals surface area contributed by atoms with Crippen LogP contribution in [0.3, 0.4) is 0 Å². The number of aromatic nitrogens is 2. The smallest absolute Gasteiger partial charge is 0.183 e. The van der Waals surface area contributed by atoms with Crippen LogP contribution in [-0.4, -0.2) is 9.97 Å². The van der Waals surface area contributed by atoms with Gasteiger partial charge in [0, 0.05) is 17.3 Å². The Hall–Kier alpha value is -1.42. The van der Waals surface area contributed by atoms with Gasteiger partial charge in [0.05, 0.1) is 12.2 Å². The standard InChI is InChI=1S/C11H13N3S/c1-8-3-4-10(12-5-8)7-14-11-13-6-9(2)15-11/h3-6H,7H2,1-2H3,(H,13,14). The summed E-state index contributed by atoms with van der Waals surface area (Å²) in [6.45, 7) is 4.81. The molecule has 2 aromatic heterocycles. The van der Waals surface area contributed by atoms with Gasteiger partial charge in [-0.3, -0.25) is 4.98 Å². The van der Waals surface area contributed by atoms with E-state index in [1.54, 1.807) is 11.3 Å². The zero-order valence-corrected chi connectivity index (χ0v) is 9.64. The quantitative estimate of drug-likeness (QED) is 0.862. The van der Waals surface area contributed by atoms with Crippen LogP contribution in [-0.2, 0) is 6.54 Å². The highest BCUT2D eigenvalue weighted by molar-refractivity contribution is 7.15. The van der Waals surface area contributed by atoms with Gasteiger partial charge >= 0.3 is 0 Å². The Morgan fingerprint density at radius 1 is 1.20 bits per heavy atom. The molecule has 0 saturated heterocycles. The Labute approximate surface area is 93.2 Å².